The first-order valence-electron chi connectivity index (χ1n) is 6.29. The minimum atomic E-state index is -0.328. The number of fused-ring (bicyclic) bond motifs is 1. The van der Waals surface area contributed by atoms with Crippen LogP contribution in [-0.4, -0.2) is 14.8 Å². The Labute approximate surface area is 115 Å². The molecule has 2 aromatic rings. The lowest BCUT2D eigenvalue weighted by Gasteiger charge is -2.14. The van der Waals surface area contributed by atoms with Crippen LogP contribution >= 0.6 is 11.6 Å². The van der Waals surface area contributed by atoms with Crippen LogP contribution in [0.3, 0.4) is 0 Å². The van der Waals surface area contributed by atoms with Gasteiger partial charge in [-0.1, -0.05) is 18.0 Å². The van der Waals surface area contributed by atoms with E-state index in [-0.39, 0.29) is 17.7 Å². The fourth-order valence-electron chi connectivity index (χ4n) is 2.63. The highest BCUT2D eigenvalue weighted by molar-refractivity contribution is 6.30. The molecule has 1 aliphatic rings. The summed E-state index contributed by atoms with van der Waals surface area (Å²) in [4.78, 5) is 4.29. The third-order valence-electron chi connectivity index (χ3n) is 3.43. The summed E-state index contributed by atoms with van der Waals surface area (Å²) >= 11 is 5.93. The van der Waals surface area contributed by atoms with Crippen molar-refractivity contribution in [3.05, 3.63) is 40.4 Å². The van der Waals surface area contributed by atoms with Crippen molar-refractivity contribution in [2.24, 2.45) is 0 Å². The quantitative estimate of drug-likeness (QED) is 0.874. The lowest BCUT2D eigenvalue weighted by molar-refractivity contribution is 0.576. The summed E-state index contributed by atoms with van der Waals surface area (Å²) in [5.41, 5.74) is 6.50. The van der Waals surface area contributed by atoms with E-state index in [0.29, 0.717) is 5.02 Å². The number of nitrogens with zero attached hydrogens (tertiary/aromatic N) is 3. The van der Waals surface area contributed by atoms with E-state index in [1.54, 1.807) is 6.07 Å². The first-order valence-corrected chi connectivity index (χ1v) is 6.67. The Morgan fingerprint density at radius 2 is 2.16 bits per heavy atom. The summed E-state index contributed by atoms with van der Waals surface area (Å²) in [6.45, 7) is 0.805. The van der Waals surface area contributed by atoms with Gasteiger partial charge in [0.2, 0.25) is 5.95 Å². The van der Waals surface area contributed by atoms with Crippen molar-refractivity contribution >= 4 is 17.5 Å². The molecule has 0 aliphatic carbocycles. The van der Waals surface area contributed by atoms with E-state index in [0.717, 1.165) is 37.2 Å². The number of nitrogen functional groups attached to an aromatic ring is 1. The summed E-state index contributed by atoms with van der Waals surface area (Å²) in [5, 5.41) is 4.59. The predicted molar refractivity (Wildman–Crippen MR) is 71.5 cm³/mol. The molecule has 1 aromatic heterocycles. The third-order valence-corrected chi connectivity index (χ3v) is 3.65. The van der Waals surface area contributed by atoms with Gasteiger partial charge in [0.05, 0.1) is 0 Å². The average Bonchev–Trinajstić information content (AvgIpc) is 2.58. The molecule has 19 heavy (non-hydrogen) atoms. The second-order valence-corrected chi connectivity index (χ2v) is 5.24. The Kier molecular flexibility index (Phi) is 3.14. The molecule has 0 fully saturated rings. The zero-order chi connectivity index (χ0) is 13.4. The number of hydrogen-bond donors (Lipinski definition) is 1. The molecule has 0 spiro atoms. The minimum Gasteiger partial charge on any atom is -0.366 e. The molecule has 3 rings (SSSR count). The van der Waals surface area contributed by atoms with Crippen LogP contribution in [0.4, 0.5) is 10.3 Å². The van der Waals surface area contributed by atoms with Gasteiger partial charge in [-0.2, -0.15) is 4.98 Å². The number of rotatable bonds is 1. The van der Waals surface area contributed by atoms with Crippen LogP contribution in [0.25, 0.3) is 0 Å². The molecule has 100 valence electrons. The maximum absolute atomic E-state index is 13.5. The smallest absolute Gasteiger partial charge is 0.239 e. The maximum atomic E-state index is 13.5. The van der Waals surface area contributed by atoms with Gasteiger partial charge in [0.1, 0.15) is 11.6 Å². The van der Waals surface area contributed by atoms with Crippen molar-refractivity contribution in [3.63, 3.8) is 0 Å². The fraction of sp³-hybridized carbons (Fsp3) is 0.385. The van der Waals surface area contributed by atoms with Crippen molar-refractivity contribution in [1.82, 2.24) is 14.8 Å². The molecule has 0 bridgehead atoms. The second kappa shape index (κ2) is 4.81. The van der Waals surface area contributed by atoms with E-state index >= 15 is 0 Å². The average molecular weight is 281 g/mol. The van der Waals surface area contributed by atoms with Crippen molar-refractivity contribution in [3.8, 4) is 0 Å². The molecule has 2 N–H and O–H groups in total. The number of aromatic nitrogens is 3. The summed E-state index contributed by atoms with van der Waals surface area (Å²) in [6, 6.07) is 4.60. The highest BCUT2D eigenvalue weighted by Gasteiger charge is 2.24. The Hall–Kier alpha value is -1.62. The van der Waals surface area contributed by atoms with Gasteiger partial charge in [-0.3, -0.25) is 0 Å². The zero-order valence-electron chi connectivity index (χ0n) is 10.3. The molecule has 0 saturated carbocycles. The lowest BCUT2D eigenvalue weighted by Crippen LogP contribution is -2.08. The second-order valence-electron chi connectivity index (χ2n) is 4.80. The SMILES string of the molecule is Nc1nc2n(n1)CCCC[C@H]2c1cc(F)cc(Cl)c1. The van der Waals surface area contributed by atoms with Crippen LogP contribution in [0.5, 0.6) is 0 Å². The first-order chi connectivity index (χ1) is 9.13. The molecular formula is C13H14ClFN4. The van der Waals surface area contributed by atoms with Gasteiger partial charge in [0.15, 0.2) is 0 Å². The van der Waals surface area contributed by atoms with Crippen LogP contribution in [0.15, 0.2) is 18.2 Å². The summed E-state index contributed by atoms with van der Waals surface area (Å²) in [5.74, 6) is 0.743. The zero-order valence-corrected chi connectivity index (χ0v) is 11.1. The molecule has 1 atom stereocenters. The highest BCUT2D eigenvalue weighted by Crippen LogP contribution is 2.33. The summed E-state index contributed by atoms with van der Waals surface area (Å²) < 4.78 is 15.3. The van der Waals surface area contributed by atoms with Crippen molar-refractivity contribution in [1.29, 1.82) is 0 Å². The maximum Gasteiger partial charge on any atom is 0.239 e. The molecule has 0 unspecified atom stereocenters. The number of aryl methyl sites for hydroxylation is 1. The van der Waals surface area contributed by atoms with Gasteiger partial charge in [-0.25, -0.2) is 9.07 Å². The number of benzene rings is 1. The van der Waals surface area contributed by atoms with Crippen LogP contribution in [0.1, 0.15) is 36.6 Å². The largest absolute Gasteiger partial charge is 0.366 e. The van der Waals surface area contributed by atoms with E-state index < -0.39 is 0 Å². The Balaban J connectivity index is 2.08. The van der Waals surface area contributed by atoms with E-state index in [9.17, 15) is 4.39 Å². The molecule has 4 nitrogen and oxygen atoms in total. The fourth-order valence-corrected chi connectivity index (χ4v) is 2.86. The third kappa shape index (κ3) is 2.42. The molecular weight excluding hydrogens is 267 g/mol. The van der Waals surface area contributed by atoms with Crippen LogP contribution in [-0.2, 0) is 6.54 Å². The Bertz CT molecular complexity index is 590. The van der Waals surface area contributed by atoms with Crippen LogP contribution in [0, 0.1) is 5.82 Å². The molecule has 6 heteroatoms. The van der Waals surface area contributed by atoms with Gasteiger partial charge >= 0.3 is 0 Å². The topological polar surface area (TPSA) is 56.7 Å². The van der Waals surface area contributed by atoms with Gasteiger partial charge in [0.25, 0.3) is 0 Å². The van der Waals surface area contributed by atoms with E-state index in [2.05, 4.69) is 10.1 Å². The van der Waals surface area contributed by atoms with E-state index in [4.69, 9.17) is 17.3 Å². The van der Waals surface area contributed by atoms with E-state index in [1.165, 1.54) is 12.1 Å². The van der Waals surface area contributed by atoms with Gasteiger partial charge < -0.3 is 5.73 Å². The van der Waals surface area contributed by atoms with Gasteiger partial charge in [0, 0.05) is 17.5 Å². The number of hydrogen-bond acceptors (Lipinski definition) is 3. The number of nitrogens with two attached hydrogens (primary N) is 1. The molecule has 1 aliphatic heterocycles. The molecule has 0 radical (unpaired) electrons. The number of halogens is 2. The molecule has 1 aromatic carbocycles. The highest BCUT2D eigenvalue weighted by atomic mass is 35.5. The monoisotopic (exact) mass is 280 g/mol. The van der Waals surface area contributed by atoms with E-state index in [1.807, 2.05) is 4.68 Å². The van der Waals surface area contributed by atoms with Crippen molar-refractivity contribution in [2.75, 3.05) is 5.73 Å². The van der Waals surface area contributed by atoms with Crippen LogP contribution < -0.4 is 5.73 Å². The normalized spacial score (nSPS) is 18.9. The standard InChI is InChI=1S/C13H14ClFN4/c14-9-5-8(6-10(15)7-9)11-3-1-2-4-19-12(11)17-13(16)18-19/h5-7,11H,1-4H2,(H2,16,18)/t11-/m0/s1. The lowest BCUT2D eigenvalue weighted by atomic mass is 9.93. The first kappa shape index (κ1) is 12.4. The minimum absolute atomic E-state index is 0.000463. The van der Waals surface area contributed by atoms with Gasteiger partial charge in [-0.15, -0.1) is 5.10 Å². The predicted octanol–water partition coefficient (Wildman–Crippen LogP) is 2.97. The molecule has 0 saturated heterocycles. The summed E-state index contributed by atoms with van der Waals surface area (Å²) in [7, 11) is 0. The summed E-state index contributed by atoms with van der Waals surface area (Å²) in [6.07, 6.45) is 2.97. The molecule has 0 amide bonds. The molecule has 2 heterocycles. The Morgan fingerprint density at radius 3 is 2.95 bits per heavy atom. The van der Waals surface area contributed by atoms with Crippen molar-refractivity contribution in [2.45, 2.75) is 31.7 Å². The Morgan fingerprint density at radius 1 is 1.32 bits per heavy atom. The number of anilines is 1. The van der Waals surface area contributed by atoms with Crippen molar-refractivity contribution < 1.29 is 4.39 Å². The van der Waals surface area contributed by atoms with Gasteiger partial charge in [-0.05, 0) is 36.6 Å². The van der Waals surface area contributed by atoms with Crippen LogP contribution in [0.2, 0.25) is 5.02 Å².